The second-order valence-corrected chi connectivity index (χ2v) is 6.36. The zero-order valence-electron chi connectivity index (χ0n) is 14.8. The van der Waals surface area contributed by atoms with Crippen molar-refractivity contribution in [3.8, 4) is 5.75 Å². The molecular formula is C19H22ClN3O3. The van der Waals surface area contributed by atoms with Crippen LogP contribution in [0.25, 0.3) is 0 Å². The first-order chi connectivity index (χ1) is 12.5. The summed E-state index contributed by atoms with van der Waals surface area (Å²) in [7, 11) is 0. The van der Waals surface area contributed by atoms with Crippen LogP contribution in [-0.4, -0.2) is 30.8 Å². The lowest BCUT2D eigenvalue weighted by molar-refractivity contribution is -0.926. The lowest BCUT2D eigenvalue weighted by Gasteiger charge is -2.25. The van der Waals surface area contributed by atoms with E-state index >= 15 is 0 Å². The second kappa shape index (κ2) is 9.31. The zero-order chi connectivity index (χ0) is 19.1. The fourth-order valence-corrected chi connectivity index (χ4v) is 3.21. The molecule has 0 aromatic heterocycles. The van der Waals surface area contributed by atoms with Crippen molar-refractivity contribution in [2.24, 2.45) is 4.99 Å². The van der Waals surface area contributed by atoms with E-state index in [4.69, 9.17) is 11.6 Å². The van der Waals surface area contributed by atoms with E-state index in [1.807, 2.05) is 18.2 Å². The highest BCUT2D eigenvalue weighted by Gasteiger charge is 2.20. The Kier molecular flexibility index (Phi) is 7.12. The summed E-state index contributed by atoms with van der Waals surface area (Å²) < 4.78 is 0. The highest BCUT2D eigenvalue weighted by atomic mass is 35.5. The van der Waals surface area contributed by atoms with Crippen molar-refractivity contribution in [2.75, 3.05) is 19.6 Å². The first kappa shape index (κ1) is 19.9. The van der Waals surface area contributed by atoms with Gasteiger partial charge in [0.25, 0.3) is 5.69 Å². The summed E-state index contributed by atoms with van der Waals surface area (Å²) in [4.78, 5) is 16.0. The monoisotopic (exact) mass is 375 g/mol. The number of nitro benzene ring substituents is 1. The molecule has 0 amide bonds. The molecule has 6 nitrogen and oxygen atoms in total. The Labute approximate surface area is 157 Å². The fourth-order valence-electron chi connectivity index (χ4n) is 2.99. The van der Waals surface area contributed by atoms with E-state index in [0.29, 0.717) is 6.54 Å². The Morgan fingerprint density at radius 1 is 1.23 bits per heavy atom. The largest absolute Gasteiger partial charge is 0.867 e. The minimum atomic E-state index is -0.724. The first-order valence-electron chi connectivity index (χ1n) is 8.52. The Morgan fingerprint density at radius 2 is 1.88 bits per heavy atom. The van der Waals surface area contributed by atoms with Gasteiger partial charge in [-0.1, -0.05) is 41.9 Å². The van der Waals surface area contributed by atoms with Gasteiger partial charge in [-0.3, -0.25) is 15.1 Å². The molecule has 0 fully saturated rings. The van der Waals surface area contributed by atoms with Crippen molar-refractivity contribution < 1.29 is 14.9 Å². The molecule has 26 heavy (non-hydrogen) atoms. The van der Waals surface area contributed by atoms with Crippen LogP contribution in [0, 0.1) is 10.1 Å². The van der Waals surface area contributed by atoms with Crippen LogP contribution >= 0.6 is 11.6 Å². The lowest BCUT2D eigenvalue weighted by Crippen LogP contribution is -3.12. The average Bonchev–Trinajstić information content (AvgIpc) is 2.64. The fraction of sp³-hybridized carbons (Fsp3) is 0.316. The number of aliphatic imine (C=N–C) groups is 1. The SMILES string of the molecule is CC[NH+](CC)[C@@H](CN=Cc1cc(Cl)cc([N+](=O)[O-])c1[O-])c1ccccc1. The lowest BCUT2D eigenvalue weighted by atomic mass is 10.1. The molecule has 2 aromatic rings. The maximum atomic E-state index is 12.2. The molecule has 7 heteroatoms. The molecule has 0 heterocycles. The smallest absolute Gasteiger partial charge is 0.263 e. The Hall–Kier alpha value is -2.44. The van der Waals surface area contributed by atoms with Gasteiger partial charge < -0.3 is 10.0 Å². The molecule has 0 saturated heterocycles. The van der Waals surface area contributed by atoms with E-state index in [1.165, 1.54) is 22.7 Å². The minimum absolute atomic E-state index is 0.130. The molecular weight excluding hydrogens is 354 g/mol. The maximum absolute atomic E-state index is 12.2. The van der Waals surface area contributed by atoms with Gasteiger partial charge in [0.15, 0.2) is 0 Å². The van der Waals surface area contributed by atoms with Gasteiger partial charge >= 0.3 is 0 Å². The van der Waals surface area contributed by atoms with Crippen LogP contribution in [0.15, 0.2) is 47.5 Å². The van der Waals surface area contributed by atoms with Gasteiger partial charge in [-0.05, 0) is 31.2 Å². The van der Waals surface area contributed by atoms with Crippen molar-refractivity contribution in [2.45, 2.75) is 19.9 Å². The number of likely N-dealkylation sites (N-methyl/N-ethyl adjacent to an activating group) is 1. The van der Waals surface area contributed by atoms with Crippen LogP contribution < -0.4 is 10.0 Å². The Bertz CT molecular complexity index is 777. The van der Waals surface area contributed by atoms with Gasteiger partial charge in [-0.2, -0.15) is 0 Å². The van der Waals surface area contributed by atoms with Crippen LogP contribution in [0.3, 0.4) is 0 Å². The number of nitro groups is 1. The van der Waals surface area contributed by atoms with Gasteiger partial charge in [0, 0.05) is 22.9 Å². The number of nitrogens with zero attached hydrogens (tertiary/aromatic N) is 2. The molecule has 0 unspecified atom stereocenters. The summed E-state index contributed by atoms with van der Waals surface area (Å²) in [6.45, 7) is 6.60. The molecule has 138 valence electrons. The van der Waals surface area contributed by atoms with Crippen LogP contribution in [0.1, 0.15) is 31.0 Å². The highest BCUT2D eigenvalue weighted by molar-refractivity contribution is 6.31. The summed E-state index contributed by atoms with van der Waals surface area (Å²) in [5, 5.41) is 23.3. The quantitative estimate of drug-likeness (QED) is 0.437. The van der Waals surface area contributed by atoms with Gasteiger partial charge in [0.1, 0.15) is 6.04 Å². The van der Waals surface area contributed by atoms with Crippen molar-refractivity contribution >= 4 is 23.5 Å². The molecule has 0 spiro atoms. The van der Waals surface area contributed by atoms with Gasteiger partial charge in [-0.25, -0.2) is 0 Å². The van der Waals surface area contributed by atoms with Crippen molar-refractivity contribution in [1.29, 1.82) is 0 Å². The van der Waals surface area contributed by atoms with E-state index in [1.54, 1.807) is 0 Å². The van der Waals surface area contributed by atoms with E-state index in [9.17, 15) is 15.2 Å². The van der Waals surface area contributed by atoms with Crippen LogP contribution in [0.5, 0.6) is 5.75 Å². The molecule has 0 radical (unpaired) electrons. The van der Waals surface area contributed by atoms with Crippen molar-refractivity contribution in [3.05, 3.63) is 68.7 Å². The van der Waals surface area contributed by atoms with Crippen LogP contribution in [0.4, 0.5) is 5.69 Å². The molecule has 0 bridgehead atoms. The topological polar surface area (TPSA) is 83.0 Å². The third-order valence-electron chi connectivity index (χ3n) is 4.38. The number of nitrogens with one attached hydrogen (secondary N) is 1. The second-order valence-electron chi connectivity index (χ2n) is 5.92. The molecule has 2 aromatic carbocycles. The van der Waals surface area contributed by atoms with E-state index < -0.39 is 16.4 Å². The number of benzene rings is 2. The molecule has 2 rings (SSSR count). The number of hydrogen-bond acceptors (Lipinski definition) is 4. The number of halogens is 1. The van der Waals surface area contributed by atoms with Gasteiger partial charge in [0.05, 0.1) is 24.6 Å². The van der Waals surface area contributed by atoms with E-state index in [2.05, 4.69) is 31.0 Å². The van der Waals surface area contributed by atoms with E-state index in [-0.39, 0.29) is 16.6 Å². The molecule has 0 aliphatic carbocycles. The predicted molar refractivity (Wildman–Crippen MR) is 101 cm³/mol. The summed E-state index contributed by atoms with van der Waals surface area (Å²) in [6, 6.07) is 12.7. The molecule has 0 saturated carbocycles. The predicted octanol–water partition coefficient (Wildman–Crippen LogP) is 2.41. The molecule has 1 atom stereocenters. The van der Waals surface area contributed by atoms with Crippen molar-refractivity contribution in [1.82, 2.24) is 0 Å². The highest BCUT2D eigenvalue weighted by Crippen LogP contribution is 2.30. The van der Waals surface area contributed by atoms with Gasteiger partial charge in [-0.15, -0.1) is 0 Å². The van der Waals surface area contributed by atoms with Gasteiger partial charge in [0.2, 0.25) is 0 Å². The van der Waals surface area contributed by atoms with Crippen molar-refractivity contribution in [3.63, 3.8) is 0 Å². The minimum Gasteiger partial charge on any atom is -0.867 e. The number of rotatable bonds is 8. The summed E-state index contributed by atoms with van der Waals surface area (Å²) in [5.41, 5.74) is 0.765. The molecule has 0 aliphatic heterocycles. The summed E-state index contributed by atoms with van der Waals surface area (Å²) in [5.74, 6) is -0.672. The Morgan fingerprint density at radius 3 is 2.46 bits per heavy atom. The maximum Gasteiger partial charge on any atom is 0.263 e. The zero-order valence-corrected chi connectivity index (χ0v) is 15.6. The third kappa shape index (κ3) is 4.80. The third-order valence-corrected chi connectivity index (χ3v) is 4.60. The first-order valence-corrected chi connectivity index (χ1v) is 8.90. The average molecular weight is 376 g/mol. The number of quaternary nitrogens is 1. The van der Waals surface area contributed by atoms with E-state index in [0.717, 1.165) is 19.2 Å². The standard InChI is InChI=1S/C19H22ClN3O3/c1-3-22(4-2)18(14-8-6-5-7-9-14)13-21-12-15-10-16(20)11-17(19(15)24)23(25)26/h5-12,18,24H,3-4,13H2,1-2H3/t18-/m0/s1. The Balaban J connectivity index is 2.27. The van der Waals surface area contributed by atoms with Crippen LogP contribution in [0.2, 0.25) is 5.02 Å². The summed E-state index contributed by atoms with van der Waals surface area (Å²) in [6.07, 6.45) is 1.39. The van der Waals surface area contributed by atoms with Crippen LogP contribution in [-0.2, 0) is 0 Å². The molecule has 0 aliphatic rings. The normalized spacial score (nSPS) is 12.6. The number of hydrogen-bond donors (Lipinski definition) is 1. The summed E-state index contributed by atoms with van der Waals surface area (Å²) >= 11 is 5.89. The molecule has 1 N–H and O–H groups in total.